The lowest BCUT2D eigenvalue weighted by Crippen LogP contribution is -2.31. The molecule has 0 aliphatic heterocycles. The summed E-state index contributed by atoms with van der Waals surface area (Å²) < 4.78 is 0. The van der Waals surface area contributed by atoms with Gasteiger partial charge in [0, 0.05) is 18.9 Å². The molecule has 0 aromatic carbocycles. The van der Waals surface area contributed by atoms with Crippen molar-refractivity contribution in [3.8, 4) is 0 Å². The maximum atomic E-state index is 11.2. The fourth-order valence-corrected chi connectivity index (χ4v) is 0.736. The molecule has 13 heavy (non-hydrogen) atoms. The maximum absolute atomic E-state index is 11.2. The zero-order valence-corrected chi connectivity index (χ0v) is 7.27. The van der Waals surface area contributed by atoms with E-state index in [1.807, 2.05) is 0 Å². The number of aromatic nitrogens is 2. The van der Waals surface area contributed by atoms with E-state index in [-0.39, 0.29) is 18.3 Å². The molecular formula is C8H11N3O2. The first-order chi connectivity index (χ1) is 6.20. The van der Waals surface area contributed by atoms with Gasteiger partial charge in [0.1, 0.15) is 0 Å². The smallest absolute Gasteiger partial charge is 0.289 e. The minimum absolute atomic E-state index is 0.114. The second kappa shape index (κ2) is 4.51. The Morgan fingerprint density at radius 3 is 2.77 bits per heavy atom. The van der Waals surface area contributed by atoms with Crippen molar-refractivity contribution < 1.29 is 9.90 Å². The number of aliphatic hydroxyl groups is 1. The molecule has 0 saturated carbocycles. The number of carbonyl (C=O) groups is 1. The molecule has 1 aromatic rings. The molecule has 0 aliphatic rings. The number of nitrogens with zero attached hydrogens (tertiary/aromatic N) is 2. The third-order valence-corrected chi connectivity index (χ3v) is 1.33. The number of rotatable bonds is 3. The van der Waals surface area contributed by atoms with Crippen LogP contribution in [0.4, 0.5) is 0 Å². The van der Waals surface area contributed by atoms with Crippen LogP contribution in [-0.2, 0) is 0 Å². The van der Waals surface area contributed by atoms with Gasteiger partial charge in [0.05, 0.1) is 6.10 Å². The minimum atomic E-state index is -0.562. The van der Waals surface area contributed by atoms with Gasteiger partial charge in [0.2, 0.25) is 5.82 Å². The summed E-state index contributed by atoms with van der Waals surface area (Å²) in [4.78, 5) is 18.7. The summed E-state index contributed by atoms with van der Waals surface area (Å²) in [7, 11) is 0. The molecular weight excluding hydrogens is 170 g/mol. The van der Waals surface area contributed by atoms with Crippen molar-refractivity contribution in [3.63, 3.8) is 0 Å². The lowest BCUT2D eigenvalue weighted by Gasteiger charge is -2.04. The normalized spacial score (nSPS) is 12.2. The van der Waals surface area contributed by atoms with Crippen LogP contribution in [0.5, 0.6) is 0 Å². The predicted octanol–water partition coefficient (Wildman–Crippen LogP) is -0.413. The van der Waals surface area contributed by atoms with Gasteiger partial charge in [0.15, 0.2) is 0 Å². The Labute approximate surface area is 75.8 Å². The number of amides is 1. The summed E-state index contributed by atoms with van der Waals surface area (Å²) in [5, 5.41) is 11.4. The van der Waals surface area contributed by atoms with Crippen molar-refractivity contribution in [2.75, 3.05) is 6.54 Å². The first kappa shape index (κ1) is 9.60. The Morgan fingerprint density at radius 2 is 2.23 bits per heavy atom. The van der Waals surface area contributed by atoms with Crippen LogP contribution in [0.25, 0.3) is 0 Å². The summed E-state index contributed by atoms with van der Waals surface area (Å²) in [5.41, 5.74) is 0. The number of hydrogen-bond donors (Lipinski definition) is 2. The summed E-state index contributed by atoms with van der Waals surface area (Å²) in [6.45, 7) is 1.79. The van der Waals surface area contributed by atoms with Crippen LogP contribution in [0.3, 0.4) is 0 Å². The third-order valence-electron chi connectivity index (χ3n) is 1.33. The van der Waals surface area contributed by atoms with Gasteiger partial charge >= 0.3 is 0 Å². The number of nitrogens with one attached hydrogen (secondary N) is 1. The molecule has 1 rings (SSSR count). The molecule has 0 unspecified atom stereocenters. The highest BCUT2D eigenvalue weighted by Gasteiger charge is 2.07. The van der Waals surface area contributed by atoms with E-state index < -0.39 is 6.10 Å². The summed E-state index contributed by atoms with van der Waals surface area (Å²) >= 11 is 0. The van der Waals surface area contributed by atoms with Crippen LogP contribution >= 0.6 is 0 Å². The molecule has 5 nitrogen and oxygen atoms in total. The highest BCUT2D eigenvalue weighted by molar-refractivity contribution is 5.90. The molecule has 0 radical (unpaired) electrons. The third kappa shape index (κ3) is 3.16. The monoisotopic (exact) mass is 181 g/mol. The van der Waals surface area contributed by atoms with Crippen molar-refractivity contribution in [3.05, 3.63) is 24.3 Å². The van der Waals surface area contributed by atoms with Crippen molar-refractivity contribution >= 4 is 5.91 Å². The molecule has 0 fully saturated rings. The predicted molar refractivity (Wildman–Crippen MR) is 46.0 cm³/mol. The highest BCUT2D eigenvalue weighted by Crippen LogP contribution is 1.87. The number of aliphatic hydroxyl groups excluding tert-OH is 1. The molecule has 5 heteroatoms. The number of carbonyl (C=O) groups excluding carboxylic acids is 1. The molecule has 0 spiro atoms. The molecule has 2 N–H and O–H groups in total. The fourth-order valence-electron chi connectivity index (χ4n) is 0.736. The van der Waals surface area contributed by atoms with E-state index in [9.17, 15) is 4.79 Å². The van der Waals surface area contributed by atoms with Crippen LogP contribution in [0.15, 0.2) is 18.5 Å². The topological polar surface area (TPSA) is 75.1 Å². The van der Waals surface area contributed by atoms with E-state index in [1.54, 1.807) is 13.0 Å². The van der Waals surface area contributed by atoms with Crippen LogP contribution in [0, 0.1) is 0 Å². The van der Waals surface area contributed by atoms with E-state index in [0.717, 1.165) is 0 Å². The summed E-state index contributed by atoms with van der Waals surface area (Å²) in [6, 6.07) is 1.63. The van der Waals surface area contributed by atoms with Crippen molar-refractivity contribution in [1.29, 1.82) is 0 Å². The quantitative estimate of drug-likeness (QED) is 0.664. The van der Waals surface area contributed by atoms with Crippen molar-refractivity contribution in [1.82, 2.24) is 15.3 Å². The first-order valence-electron chi connectivity index (χ1n) is 3.93. The Balaban J connectivity index is 2.50. The van der Waals surface area contributed by atoms with E-state index in [1.165, 1.54) is 12.4 Å². The molecule has 0 saturated heterocycles. The summed E-state index contributed by atoms with van der Waals surface area (Å²) in [5.74, 6) is -0.260. The average Bonchev–Trinajstić information content (AvgIpc) is 2.15. The molecule has 70 valence electrons. The standard InChI is InChI=1S/C8H11N3O2/c1-6(12)5-11-8(13)7-9-3-2-4-10-7/h2-4,6,12H,5H2,1H3,(H,11,13)/t6-/m0/s1. The zero-order chi connectivity index (χ0) is 9.68. The van der Waals surface area contributed by atoms with Gasteiger partial charge in [-0.1, -0.05) is 0 Å². The molecule has 0 bridgehead atoms. The molecule has 1 amide bonds. The van der Waals surface area contributed by atoms with Gasteiger partial charge in [-0.25, -0.2) is 9.97 Å². The number of hydrogen-bond acceptors (Lipinski definition) is 4. The lowest BCUT2D eigenvalue weighted by molar-refractivity contribution is 0.0913. The Kier molecular flexibility index (Phi) is 3.33. The van der Waals surface area contributed by atoms with Crippen LogP contribution in [-0.4, -0.2) is 33.6 Å². The zero-order valence-electron chi connectivity index (χ0n) is 7.27. The van der Waals surface area contributed by atoms with Crippen molar-refractivity contribution in [2.24, 2.45) is 0 Å². The van der Waals surface area contributed by atoms with Crippen molar-refractivity contribution in [2.45, 2.75) is 13.0 Å². The SMILES string of the molecule is C[C@H](O)CNC(=O)c1ncccn1. The van der Waals surface area contributed by atoms with E-state index in [4.69, 9.17) is 5.11 Å². The van der Waals surface area contributed by atoms with Gasteiger partial charge in [-0.15, -0.1) is 0 Å². The molecule has 1 heterocycles. The second-order valence-electron chi connectivity index (χ2n) is 2.63. The molecule has 0 aliphatic carbocycles. The van der Waals surface area contributed by atoms with E-state index >= 15 is 0 Å². The Morgan fingerprint density at radius 1 is 1.62 bits per heavy atom. The fraction of sp³-hybridized carbons (Fsp3) is 0.375. The van der Waals surface area contributed by atoms with E-state index in [2.05, 4.69) is 15.3 Å². The average molecular weight is 181 g/mol. The Hall–Kier alpha value is -1.49. The van der Waals surface area contributed by atoms with Gasteiger partial charge in [-0.05, 0) is 13.0 Å². The highest BCUT2D eigenvalue weighted by atomic mass is 16.3. The molecule has 1 aromatic heterocycles. The van der Waals surface area contributed by atoms with Gasteiger partial charge in [-0.2, -0.15) is 0 Å². The minimum Gasteiger partial charge on any atom is -0.392 e. The van der Waals surface area contributed by atoms with Gasteiger partial charge in [0.25, 0.3) is 5.91 Å². The van der Waals surface area contributed by atoms with Gasteiger partial charge in [-0.3, -0.25) is 4.79 Å². The lowest BCUT2D eigenvalue weighted by atomic mass is 10.4. The molecule has 1 atom stereocenters. The Bertz CT molecular complexity index is 274. The summed E-state index contributed by atoms with van der Waals surface area (Å²) in [6.07, 6.45) is 2.42. The van der Waals surface area contributed by atoms with Gasteiger partial charge < -0.3 is 10.4 Å². The van der Waals surface area contributed by atoms with Crippen LogP contribution in [0.1, 0.15) is 17.5 Å². The van der Waals surface area contributed by atoms with Crippen LogP contribution in [0.2, 0.25) is 0 Å². The van der Waals surface area contributed by atoms with E-state index in [0.29, 0.717) is 0 Å². The first-order valence-corrected chi connectivity index (χ1v) is 3.93. The van der Waals surface area contributed by atoms with Crippen LogP contribution < -0.4 is 5.32 Å². The largest absolute Gasteiger partial charge is 0.392 e. The maximum Gasteiger partial charge on any atom is 0.289 e. The second-order valence-corrected chi connectivity index (χ2v) is 2.63.